The first kappa shape index (κ1) is 27.1. The lowest BCUT2D eigenvalue weighted by molar-refractivity contribution is -0.0158. The third-order valence-corrected chi connectivity index (χ3v) is 5.85. The molecule has 0 heterocycles. The third kappa shape index (κ3) is 12.7. The minimum absolute atomic E-state index is 0.0819. The molecule has 30 heavy (non-hydrogen) atoms. The molecule has 6 heteroatoms. The second-order valence-electron chi connectivity index (χ2n) is 8.30. The predicted molar refractivity (Wildman–Crippen MR) is 115 cm³/mol. The molecule has 1 rings (SSSR count). The van der Waals surface area contributed by atoms with E-state index in [9.17, 15) is 22.0 Å². The van der Waals surface area contributed by atoms with Crippen molar-refractivity contribution in [3.63, 3.8) is 0 Å². The molecule has 1 atom stereocenters. The maximum absolute atomic E-state index is 14.0. The summed E-state index contributed by atoms with van der Waals surface area (Å²) in [7, 11) is 2.12. The summed E-state index contributed by atoms with van der Waals surface area (Å²) in [5, 5.41) is 0. The van der Waals surface area contributed by atoms with Gasteiger partial charge in [0.15, 0.2) is 6.17 Å². The molecule has 0 nitrogen and oxygen atoms in total. The van der Waals surface area contributed by atoms with E-state index in [0.717, 1.165) is 57.8 Å². The lowest BCUT2D eigenvalue weighted by Gasteiger charge is -2.16. The largest absolute Gasteiger partial charge is 0.273 e. The fourth-order valence-electron chi connectivity index (χ4n) is 3.62. The van der Waals surface area contributed by atoms with Crippen LogP contribution in [0.3, 0.4) is 0 Å². The van der Waals surface area contributed by atoms with Crippen molar-refractivity contribution in [3.8, 4) is 0 Å². The zero-order chi connectivity index (χ0) is 22.3. The first-order valence-electron chi connectivity index (χ1n) is 11.4. The molecule has 0 N–H and O–H groups in total. The molecule has 0 amide bonds. The van der Waals surface area contributed by atoms with E-state index in [0.29, 0.717) is 12.8 Å². The van der Waals surface area contributed by atoms with Crippen molar-refractivity contribution < 1.29 is 22.0 Å². The van der Waals surface area contributed by atoms with E-state index in [-0.39, 0.29) is 18.4 Å². The van der Waals surface area contributed by atoms with Crippen molar-refractivity contribution in [3.05, 3.63) is 35.9 Å². The number of hydrogen-bond donors (Lipinski definition) is 0. The van der Waals surface area contributed by atoms with Crippen LogP contribution in [0.5, 0.6) is 0 Å². The van der Waals surface area contributed by atoms with Crippen LogP contribution in [-0.4, -0.2) is 22.0 Å². The maximum atomic E-state index is 14.0. The molecule has 0 bridgehead atoms. The highest BCUT2D eigenvalue weighted by Gasteiger charge is 2.33. The summed E-state index contributed by atoms with van der Waals surface area (Å²) in [5.41, 5.74) is -3.30. The molecular weight excluding hydrogens is 411 g/mol. The van der Waals surface area contributed by atoms with Gasteiger partial charge in [-0.05, 0) is 12.8 Å². The Kier molecular flexibility index (Phi) is 13.5. The van der Waals surface area contributed by atoms with Crippen LogP contribution in [0.15, 0.2) is 30.3 Å². The van der Waals surface area contributed by atoms with E-state index in [1.54, 1.807) is 18.2 Å². The molecule has 1 aromatic carbocycles. The maximum Gasteiger partial charge on any atom is 0.273 e. The number of alkyl halides is 5. The second-order valence-corrected chi connectivity index (χ2v) is 8.96. The van der Waals surface area contributed by atoms with Crippen molar-refractivity contribution in [2.75, 3.05) is 0 Å². The molecule has 1 unspecified atom stereocenters. The minimum Gasteiger partial charge on any atom is -0.241 e. The summed E-state index contributed by atoms with van der Waals surface area (Å²) in [4.78, 5) is 0. The molecule has 0 spiro atoms. The van der Waals surface area contributed by atoms with Crippen LogP contribution in [0.4, 0.5) is 22.0 Å². The number of hydrogen-bond acceptors (Lipinski definition) is 0. The molecule has 0 aliphatic heterocycles. The minimum atomic E-state index is -3.41. The van der Waals surface area contributed by atoms with Gasteiger partial charge in [0.2, 0.25) is 0 Å². The van der Waals surface area contributed by atoms with Gasteiger partial charge in [0, 0.05) is 12.0 Å². The zero-order valence-electron chi connectivity index (χ0n) is 18.0. The second kappa shape index (κ2) is 15.0. The quantitative estimate of drug-likeness (QED) is 0.120. The summed E-state index contributed by atoms with van der Waals surface area (Å²) in [6.45, 7) is 0. The molecule has 0 aromatic heterocycles. The highest BCUT2D eigenvalue weighted by molar-refractivity contribution is 6.13. The van der Waals surface area contributed by atoms with E-state index in [2.05, 4.69) is 10.2 Å². The zero-order valence-corrected chi connectivity index (χ0v) is 19.0. The average molecular weight is 448 g/mol. The summed E-state index contributed by atoms with van der Waals surface area (Å²) < 4.78 is 66.3. The van der Waals surface area contributed by atoms with Gasteiger partial charge >= 0.3 is 0 Å². The molecular formula is C24H36F5Si. The molecule has 0 saturated heterocycles. The van der Waals surface area contributed by atoms with Gasteiger partial charge in [0.25, 0.3) is 11.5 Å². The molecule has 0 saturated carbocycles. The Labute approximate surface area is 182 Å². The van der Waals surface area contributed by atoms with E-state index >= 15 is 0 Å². The van der Waals surface area contributed by atoms with Crippen LogP contribution >= 0.6 is 0 Å². The van der Waals surface area contributed by atoms with E-state index < -0.39 is 17.6 Å². The Morgan fingerprint density at radius 1 is 0.633 bits per heavy atom. The highest BCUT2D eigenvalue weighted by atomic mass is 28.1. The van der Waals surface area contributed by atoms with Crippen molar-refractivity contribution in [1.82, 2.24) is 0 Å². The number of benzene rings is 1. The van der Waals surface area contributed by atoms with Crippen molar-refractivity contribution in [2.24, 2.45) is 0 Å². The van der Waals surface area contributed by atoms with Gasteiger partial charge in [-0.25, -0.2) is 22.0 Å². The number of unbranched alkanes of at least 4 members (excludes halogenated alkanes) is 12. The highest BCUT2D eigenvalue weighted by Crippen LogP contribution is 2.33. The van der Waals surface area contributed by atoms with Crippen LogP contribution in [0.2, 0.25) is 0 Å². The molecule has 3 radical (unpaired) electrons. The topological polar surface area (TPSA) is 0 Å². The van der Waals surface area contributed by atoms with Crippen LogP contribution < -0.4 is 0 Å². The van der Waals surface area contributed by atoms with Crippen molar-refractivity contribution in [2.45, 2.75) is 114 Å². The fraction of sp³-hybridized carbons (Fsp3) is 0.750. The average Bonchev–Trinajstić information content (AvgIpc) is 2.70. The molecule has 171 valence electrons. The van der Waals surface area contributed by atoms with Gasteiger partial charge in [0.05, 0.1) is 0 Å². The Hall–Kier alpha value is -0.913. The normalized spacial score (nSPS) is 13.5. The standard InChI is InChI=1S/C24H36F5Si/c25-22(24(28,29)30)19-15-10-8-6-4-2-1-3-5-7-9-11-16-20-23(26,27)21-17-13-12-14-18-21/h12-14,17-18,22H,1-11,15-16,19-20H2. The summed E-state index contributed by atoms with van der Waals surface area (Å²) in [6.07, 6.45) is 10.3. The van der Waals surface area contributed by atoms with E-state index in [1.807, 2.05) is 0 Å². The SMILES string of the molecule is FC(CCCCCCCCCCCCCCCC(F)(F)c1ccccc1)C(F)(F)[Si]. The smallest absolute Gasteiger partial charge is 0.241 e. The van der Waals surface area contributed by atoms with Gasteiger partial charge in [0.1, 0.15) is 10.2 Å². The third-order valence-electron chi connectivity index (χ3n) is 5.54. The lowest BCUT2D eigenvalue weighted by atomic mass is 10.0. The van der Waals surface area contributed by atoms with Crippen molar-refractivity contribution >= 4 is 10.2 Å². The van der Waals surface area contributed by atoms with Gasteiger partial charge in [-0.15, -0.1) is 0 Å². The van der Waals surface area contributed by atoms with Gasteiger partial charge in [-0.2, -0.15) is 0 Å². The van der Waals surface area contributed by atoms with E-state index in [4.69, 9.17) is 0 Å². The first-order chi connectivity index (χ1) is 14.2. The van der Waals surface area contributed by atoms with Gasteiger partial charge in [-0.1, -0.05) is 107 Å². The molecule has 0 fully saturated rings. The van der Waals surface area contributed by atoms with Crippen LogP contribution in [0, 0.1) is 0 Å². The number of rotatable bonds is 18. The summed E-state index contributed by atoms with van der Waals surface area (Å²) in [6, 6.07) is 8.04. The Balaban J connectivity index is 1.85. The predicted octanol–water partition coefficient (Wildman–Crippen LogP) is 8.73. The molecule has 1 aromatic rings. The Morgan fingerprint density at radius 2 is 1.03 bits per heavy atom. The van der Waals surface area contributed by atoms with Crippen LogP contribution in [-0.2, 0) is 5.92 Å². The van der Waals surface area contributed by atoms with Gasteiger partial charge < -0.3 is 0 Å². The molecule has 0 aliphatic rings. The van der Waals surface area contributed by atoms with Gasteiger partial charge in [-0.3, -0.25) is 0 Å². The van der Waals surface area contributed by atoms with Crippen LogP contribution in [0.25, 0.3) is 0 Å². The lowest BCUT2D eigenvalue weighted by Crippen LogP contribution is -2.29. The summed E-state index contributed by atoms with van der Waals surface area (Å²) in [5.74, 6) is -2.73. The fourth-order valence-corrected chi connectivity index (χ4v) is 3.77. The number of halogens is 5. The van der Waals surface area contributed by atoms with Crippen molar-refractivity contribution in [1.29, 1.82) is 0 Å². The Bertz CT molecular complexity index is 530. The van der Waals surface area contributed by atoms with Crippen LogP contribution in [0.1, 0.15) is 102 Å². The summed E-state index contributed by atoms with van der Waals surface area (Å²) >= 11 is 0. The Morgan fingerprint density at radius 3 is 1.47 bits per heavy atom. The van der Waals surface area contributed by atoms with E-state index in [1.165, 1.54) is 25.0 Å². The monoisotopic (exact) mass is 447 g/mol. The first-order valence-corrected chi connectivity index (χ1v) is 11.9. The molecule has 0 aliphatic carbocycles.